The molecule has 0 aliphatic carbocycles. The van der Waals surface area contributed by atoms with Crippen molar-refractivity contribution in [2.45, 2.75) is 58.4 Å². The van der Waals surface area contributed by atoms with E-state index < -0.39 is 0 Å². The Bertz CT molecular complexity index is 657. The van der Waals surface area contributed by atoms with Crippen molar-refractivity contribution >= 4 is 10.8 Å². The van der Waals surface area contributed by atoms with Gasteiger partial charge >= 0.3 is 0 Å². The van der Waals surface area contributed by atoms with E-state index >= 15 is 0 Å². The molecule has 0 saturated heterocycles. The highest BCUT2D eigenvalue weighted by Crippen LogP contribution is 2.19. The third-order valence-corrected chi connectivity index (χ3v) is 4.45. The van der Waals surface area contributed by atoms with Gasteiger partial charge in [-0.05, 0) is 29.8 Å². The summed E-state index contributed by atoms with van der Waals surface area (Å²) in [5.74, 6) is 6.67. The molecule has 0 bridgehead atoms. The summed E-state index contributed by atoms with van der Waals surface area (Å²) in [4.78, 5) is 2.30. The average Bonchev–Trinajstić information content (AvgIpc) is 2.61. The number of hydrogen-bond donors (Lipinski definition) is 0. The summed E-state index contributed by atoms with van der Waals surface area (Å²) < 4.78 is 0. The molecule has 2 aromatic rings. The second-order valence-corrected chi connectivity index (χ2v) is 6.68. The van der Waals surface area contributed by atoms with Crippen LogP contribution in [0.2, 0.25) is 0 Å². The van der Waals surface area contributed by atoms with Gasteiger partial charge in [-0.2, -0.15) is 0 Å². The fraction of sp³-hybridized carbons (Fsp3) is 0.478. The van der Waals surface area contributed by atoms with E-state index in [1.54, 1.807) is 0 Å². The second-order valence-electron chi connectivity index (χ2n) is 6.68. The maximum Gasteiger partial charge on any atom is 0.0601 e. The van der Waals surface area contributed by atoms with Crippen molar-refractivity contribution < 1.29 is 0 Å². The Labute approximate surface area is 148 Å². The quantitative estimate of drug-likeness (QED) is 0.403. The fourth-order valence-electron chi connectivity index (χ4n) is 3.05. The molecule has 1 heteroatoms. The first-order chi connectivity index (χ1) is 11.8. The average molecular weight is 322 g/mol. The first kappa shape index (κ1) is 18.6. The number of nitrogens with zero attached hydrogens (tertiary/aromatic N) is 1. The third-order valence-electron chi connectivity index (χ3n) is 4.45. The van der Waals surface area contributed by atoms with Crippen molar-refractivity contribution in [3.63, 3.8) is 0 Å². The number of fused-ring (bicyclic) bond motifs is 1. The highest BCUT2D eigenvalue weighted by molar-refractivity contribution is 5.85. The maximum absolute atomic E-state index is 3.34. The molecule has 0 unspecified atom stereocenters. The predicted molar refractivity (Wildman–Crippen MR) is 106 cm³/mol. The molecule has 128 valence electrons. The molecule has 2 rings (SSSR count). The molecular weight excluding hydrogens is 290 g/mol. The van der Waals surface area contributed by atoms with Crippen molar-refractivity contribution in [1.82, 2.24) is 4.90 Å². The monoisotopic (exact) mass is 321 g/mol. The summed E-state index contributed by atoms with van der Waals surface area (Å²) in [6.07, 6.45) is 9.10. The van der Waals surface area contributed by atoms with Crippen molar-refractivity contribution in [3.05, 3.63) is 48.0 Å². The highest BCUT2D eigenvalue weighted by Gasteiger charge is 2.03. The Balaban J connectivity index is 1.72. The zero-order valence-corrected chi connectivity index (χ0v) is 15.4. The van der Waals surface area contributed by atoms with Gasteiger partial charge in [-0.3, -0.25) is 4.90 Å². The van der Waals surface area contributed by atoms with E-state index in [0.29, 0.717) is 0 Å². The smallest absolute Gasteiger partial charge is 0.0601 e. The normalized spacial score (nSPS) is 10.8. The number of benzene rings is 2. The van der Waals surface area contributed by atoms with Crippen LogP contribution in [0.15, 0.2) is 42.5 Å². The van der Waals surface area contributed by atoms with Crippen LogP contribution in [0.5, 0.6) is 0 Å². The Hall–Kier alpha value is -1.78. The van der Waals surface area contributed by atoms with E-state index in [0.717, 1.165) is 19.5 Å². The van der Waals surface area contributed by atoms with Crippen LogP contribution in [0, 0.1) is 11.8 Å². The lowest BCUT2D eigenvalue weighted by molar-refractivity contribution is 0.370. The molecule has 0 radical (unpaired) electrons. The summed E-state index contributed by atoms with van der Waals surface area (Å²) >= 11 is 0. The molecule has 0 aliphatic heterocycles. The minimum atomic E-state index is 0.846. The molecule has 0 aromatic heterocycles. The van der Waals surface area contributed by atoms with Crippen LogP contribution in [0.25, 0.3) is 10.8 Å². The maximum atomic E-state index is 3.34. The van der Waals surface area contributed by atoms with E-state index in [4.69, 9.17) is 0 Å². The van der Waals surface area contributed by atoms with Crippen LogP contribution in [0.1, 0.15) is 57.4 Å². The topological polar surface area (TPSA) is 3.24 Å². The van der Waals surface area contributed by atoms with Crippen LogP contribution >= 0.6 is 0 Å². The zero-order valence-electron chi connectivity index (χ0n) is 15.4. The van der Waals surface area contributed by atoms with Crippen LogP contribution in [-0.4, -0.2) is 18.5 Å². The molecule has 0 aliphatic rings. The lowest BCUT2D eigenvalue weighted by Gasteiger charge is -2.15. The van der Waals surface area contributed by atoms with E-state index in [1.807, 2.05) is 0 Å². The molecule has 0 atom stereocenters. The van der Waals surface area contributed by atoms with Crippen LogP contribution < -0.4 is 0 Å². The highest BCUT2D eigenvalue weighted by atomic mass is 15.1. The molecule has 2 aromatic carbocycles. The van der Waals surface area contributed by atoms with Crippen LogP contribution in [0.3, 0.4) is 0 Å². The molecule has 0 N–H and O–H groups in total. The minimum Gasteiger partial charge on any atom is -0.291 e. The third kappa shape index (κ3) is 6.38. The second kappa shape index (κ2) is 10.9. The zero-order chi connectivity index (χ0) is 17.0. The summed E-state index contributed by atoms with van der Waals surface area (Å²) in [7, 11) is 2.15. The van der Waals surface area contributed by atoms with Crippen molar-refractivity contribution in [2.24, 2.45) is 0 Å². The predicted octanol–water partition coefficient (Wildman–Crippen LogP) is 6.03. The van der Waals surface area contributed by atoms with Gasteiger partial charge in [-0.15, -0.1) is 5.92 Å². The van der Waals surface area contributed by atoms with E-state index in [2.05, 4.69) is 73.2 Å². The lowest BCUT2D eigenvalue weighted by Crippen LogP contribution is -2.18. The number of hydrogen-bond acceptors (Lipinski definition) is 1. The van der Waals surface area contributed by atoms with Gasteiger partial charge in [0.05, 0.1) is 6.54 Å². The van der Waals surface area contributed by atoms with Crippen molar-refractivity contribution in [1.29, 1.82) is 0 Å². The van der Waals surface area contributed by atoms with Crippen molar-refractivity contribution in [3.8, 4) is 11.8 Å². The summed E-state index contributed by atoms with van der Waals surface area (Å²) in [5.41, 5.74) is 1.38. The first-order valence-electron chi connectivity index (χ1n) is 9.42. The van der Waals surface area contributed by atoms with Gasteiger partial charge in [-0.25, -0.2) is 0 Å². The van der Waals surface area contributed by atoms with Gasteiger partial charge in [0, 0.05) is 13.0 Å². The summed E-state index contributed by atoms with van der Waals surface area (Å²) in [6.45, 7) is 4.06. The van der Waals surface area contributed by atoms with Crippen LogP contribution in [-0.2, 0) is 6.54 Å². The Morgan fingerprint density at radius 3 is 2.46 bits per heavy atom. The molecule has 1 nitrogen and oxygen atoms in total. The molecule has 0 fully saturated rings. The van der Waals surface area contributed by atoms with E-state index in [9.17, 15) is 0 Å². The van der Waals surface area contributed by atoms with Crippen LogP contribution in [0.4, 0.5) is 0 Å². The van der Waals surface area contributed by atoms with E-state index in [1.165, 1.54) is 54.9 Å². The minimum absolute atomic E-state index is 0.846. The van der Waals surface area contributed by atoms with Gasteiger partial charge in [0.15, 0.2) is 0 Å². The van der Waals surface area contributed by atoms with Gasteiger partial charge < -0.3 is 0 Å². The standard InChI is InChI=1S/C23H31N/c1-3-4-5-6-7-8-9-10-13-19-24(2)20-22-17-14-16-21-15-11-12-18-23(21)22/h11-12,14-18H,3-9,19-20H2,1-2H3. The number of rotatable bonds is 9. The Morgan fingerprint density at radius 1 is 0.833 bits per heavy atom. The number of unbranched alkanes of at least 4 members (excludes halogenated alkanes) is 6. The Morgan fingerprint density at radius 2 is 1.58 bits per heavy atom. The SMILES string of the molecule is CCCCCCCCC#CCN(C)Cc1cccc2ccccc12. The van der Waals surface area contributed by atoms with Gasteiger partial charge in [0.25, 0.3) is 0 Å². The molecule has 0 amide bonds. The van der Waals surface area contributed by atoms with Gasteiger partial charge in [-0.1, -0.05) is 87.4 Å². The summed E-state index contributed by atoms with van der Waals surface area (Å²) in [6, 6.07) is 15.2. The lowest BCUT2D eigenvalue weighted by atomic mass is 10.0. The van der Waals surface area contributed by atoms with Gasteiger partial charge in [0.2, 0.25) is 0 Å². The van der Waals surface area contributed by atoms with Gasteiger partial charge in [0.1, 0.15) is 0 Å². The molecule has 0 saturated carbocycles. The Kier molecular flexibility index (Phi) is 8.42. The molecule has 0 heterocycles. The molecule has 24 heavy (non-hydrogen) atoms. The first-order valence-corrected chi connectivity index (χ1v) is 9.42. The molecule has 0 spiro atoms. The van der Waals surface area contributed by atoms with Crippen molar-refractivity contribution in [2.75, 3.05) is 13.6 Å². The summed E-state index contributed by atoms with van der Waals surface area (Å²) in [5, 5.41) is 2.67. The largest absolute Gasteiger partial charge is 0.291 e. The molecular formula is C23H31N. The fourth-order valence-corrected chi connectivity index (χ4v) is 3.05. The van der Waals surface area contributed by atoms with E-state index in [-0.39, 0.29) is 0 Å².